The van der Waals surface area contributed by atoms with Crippen LogP contribution in [0.3, 0.4) is 0 Å². The van der Waals surface area contributed by atoms with Crippen molar-refractivity contribution in [3.05, 3.63) is 94.6 Å². The maximum Gasteiger partial charge on any atom is 0.217 e. The van der Waals surface area contributed by atoms with E-state index in [1.165, 1.54) is 6.07 Å². The van der Waals surface area contributed by atoms with Gasteiger partial charge in [-0.3, -0.25) is 9.59 Å². The molecule has 2 N–H and O–H groups in total. The molecule has 1 aromatic heterocycles. The standard InChI is InChI=1S/C24H19NO4/c25-24(27)14-7-16-5-10-18(11-6-16)28-19-12-8-17(9-13-19)23-15-21(26)20-3-1-2-4-22(20)29-23/h1-6,8-13,15H,7,14H2,(H2,25,27). The van der Waals surface area contributed by atoms with E-state index in [1.807, 2.05) is 60.7 Å². The molecule has 0 aliphatic rings. The van der Waals surface area contributed by atoms with Crippen LogP contribution in [0.2, 0.25) is 0 Å². The zero-order valence-corrected chi connectivity index (χ0v) is 15.6. The van der Waals surface area contributed by atoms with E-state index in [-0.39, 0.29) is 11.3 Å². The minimum Gasteiger partial charge on any atom is -0.457 e. The second-order valence-corrected chi connectivity index (χ2v) is 6.71. The van der Waals surface area contributed by atoms with Crippen molar-refractivity contribution in [3.63, 3.8) is 0 Å². The highest BCUT2D eigenvalue weighted by molar-refractivity contribution is 5.78. The number of amides is 1. The average Bonchev–Trinajstić information content (AvgIpc) is 2.74. The summed E-state index contributed by atoms with van der Waals surface area (Å²) in [7, 11) is 0. The summed E-state index contributed by atoms with van der Waals surface area (Å²) >= 11 is 0. The molecule has 1 heterocycles. The lowest BCUT2D eigenvalue weighted by Crippen LogP contribution is -2.11. The van der Waals surface area contributed by atoms with E-state index in [1.54, 1.807) is 12.1 Å². The Morgan fingerprint density at radius 2 is 1.55 bits per heavy atom. The number of para-hydroxylation sites is 1. The van der Waals surface area contributed by atoms with Crippen molar-refractivity contribution < 1.29 is 13.9 Å². The van der Waals surface area contributed by atoms with Gasteiger partial charge < -0.3 is 14.9 Å². The van der Waals surface area contributed by atoms with Crippen LogP contribution in [0.4, 0.5) is 0 Å². The maximum atomic E-state index is 12.3. The highest BCUT2D eigenvalue weighted by Gasteiger charge is 2.07. The summed E-state index contributed by atoms with van der Waals surface area (Å²) in [5, 5.41) is 0.565. The van der Waals surface area contributed by atoms with Crippen molar-refractivity contribution in [2.24, 2.45) is 5.73 Å². The second-order valence-electron chi connectivity index (χ2n) is 6.71. The summed E-state index contributed by atoms with van der Waals surface area (Å²) in [6.07, 6.45) is 0.938. The molecule has 0 aliphatic carbocycles. The summed E-state index contributed by atoms with van der Waals surface area (Å²) < 4.78 is 11.7. The zero-order chi connectivity index (χ0) is 20.2. The molecule has 5 nitrogen and oxygen atoms in total. The summed E-state index contributed by atoms with van der Waals surface area (Å²) in [6, 6.07) is 23.6. The smallest absolute Gasteiger partial charge is 0.217 e. The molecule has 0 atom stereocenters. The van der Waals surface area contributed by atoms with Crippen LogP contribution < -0.4 is 15.9 Å². The average molecular weight is 385 g/mol. The zero-order valence-electron chi connectivity index (χ0n) is 15.6. The van der Waals surface area contributed by atoms with E-state index in [9.17, 15) is 9.59 Å². The molecule has 0 bridgehead atoms. The number of primary amides is 1. The van der Waals surface area contributed by atoms with E-state index >= 15 is 0 Å². The molecule has 4 aromatic rings. The molecule has 1 amide bonds. The molecule has 3 aromatic carbocycles. The Labute approximate surface area is 167 Å². The first kappa shape index (κ1) is 18.5. The van der Waals surface area contributed by atoms with Gasteiger partial charge in [-0.15, -0.1) is 0 Å². The molecular weight excluding hydrogens is 366 g/mol. The Morgan fingerprint density at radius 3 is 2.24 bits per heavy atom. The predicted molar refractivity (Wildman–Crippen MR) is 112 cm³/mol. The molecule has 0 saturated carbocycles. The molecule has 0 aliphatic heterocycles. The lowest BCUT2D eigenvalue weighted by molar-refractivity contribution is -0.117. The number of ether oxygens (including phenoxy) is 1. The van der Waals surface area contributed by atoms with Crippen LogP contribution in [0.1, 0.15) is 12.0 Å². The Hall–Kier alpha value is -3.86. The lowest BCUT2D eigenvalue weighted by atomic mass is 10.1. The SMILES string of the molecule is NC(=O)CCc1ccc(Oc2ccc(-c3cc(=O)c4ccccc4o3)cc2)cc1. The van der Waals surface area contributed by atoms with Gasteiger partial charge in [0.2, 0.25) is 5.91 Å². The summed E-state index contributed by atoms with van der Waals surface area (Å²) in [4.78, 5) is 23.1. The first-order chi connectivity index (χ1) is 14.1. The molecule has 144 valence electrons. The number of carbonyl (C=O) groups excluding carboxylic acids is 1. The van der Waals surface area contributed by atoms with E-state index in [2.05, 4.69) is 0 Å². The minimum atomic E-state index is -0.312. The van der Waals surface area contributed by atoms with E-state index in [0.717, 1.165) is 11.1 Å². The van der Waals surface area contributed by atoms with Crippen molar-refractivity contribution in [1.29, 1.82) is 0 Å². The molecule has 0 saturated heterocycles. The van der Waals surface area contributed by atoms with Crippen LogP contribution in [0, 0.1) is 0 Å². The van der Waals surface area contributed by atoms with Gasteiger partial charge in [0, 0.05) is 18.1 Å². The first-order valence-corrected chi connectivity index (χ1v) is 9.27. The Kier molecular flexibility index (Phi) is 5.12. The number of aryl methyl sites for hydroxylation is 1. The van der Waals surface area contributed by atoms with E-state index < -0.39 is 0 Å². The Morgan fingerprint density at radius 1 is 0.897 bits per heavy atom. The topological polar surface area (TPSA) is 82.5 Å². The minimum absolute atomic E-state index is 0.0707. The molecular formula is C24H19NO4. The van der Waals surface area contributed by atoms with Gasteiger partial charge >= 0.3 is 0 Å². The third-order valence-electron chi connectivity index (χ3n) is 4.59. The number of hydrogen-bond donors (Lipinski definition) is 1. The van der Waals surface area contributed by atoms with Crippen molar-refractivity contribution in [2.75, 3.05) is 0 Å². The molecule has 29 heavy (non-hydrogen) atoms. The van der Waals surface area contributed by atoms with Crippen LogP contribution in [0.25, 0.3) is 22.3 Å². The van der Waals surface area contributed by atoms with Gasteiger partial charge in [0.1, 0.15) is 22.8 Å². The second kappa shape index (κ2) is 8.02. The lowest BCUT2D eigenvalue weighted by Gasteiger charge is -2.08. The van der Waals surface area contributed by atoms with Crippen LogP contribution in [-0.4, -0.2) is 5.91 Å². The fourth-order valence-corrected chi connectivity index (χ4v) is 3.06. The van der Waals surface area contributed by atoms with Gasteiger partial charge in [-0.25, -0.2) is 0 Å². The van der Waals surface area contributed by atoms with Crippen LogP contribution in [0.15, 0.2) is 88.1 Å². The fourth-order valence-electron chi connectivity index (χ4n) is 3.06. The number of benzene rings is 3. The molecule has 0 radical (unpaired) electrons. The Bertz CT molecular complexity index is 1210. The van der Waals surface area contributed by atoms with Crippen molar-refractivity contribution in [2.45, 2.75) is 12.8 Å². The van der Waals surface area contributed by atoms with Crippen molar-refractivity contribution in [3.8, 4) is 22.8 Å². The quantitative estimate of drug-likeness (QED) is 0.523. The van der Waals surface area contributed by atoms with E-state index in [4.69, 9.17) is 14.9 Å². The Balaban J connectivity index is 1.50. The molecule has 0 unspecified atom stereocenters. The number of rotatable bonds is 6. The summed E-state index contributed by atoms with van der Waals surface area (Å²) in [6.45, 7) is 0. The van der Waals surface area contributed by atoms with Crippen molar-refractivity contribution >= 4 is 16.9 Å². The fraction of sp³-hybridized carbons (Fsp3) is 0.0833. The van der Waals surface area contributed by atoms with Crippen molar-refractivity contribution in [1.82, 2.24) is 0 Å². The van der Waals surface area contributed by atoms with E-state index in [0.29, 0.717) is 41.1 Å². The van der Waals surface area contributed by atoms with Crippen LogP contribution in [-0.2, 0) is 11.2 Å². The highest BCUT2D eigenvalue weighted by atomic mass is 16.5. The molecule has 5 heteroatoms. The molecule has 0 spiro atoms. The third kappa shape index (κ3) is 4.35. The normalized spacial score (nSPS) is 10.8. The number of fused-ring (bicyclic) bond motifs is 1. The predicted octanol–water partition coefficient (Wildman–Crippen LogP) is 4.67. The molecule has 4 rings (SSSR count). The molecule has 0 fully saturated rings. The monoisotopic (exact) mass is 385 g/mol. The van der Waals surface area contributed by atoms with Gasteiger partial charge in [-0.1, -0.05) is 24.3 Å². The van der Waals surface area contributed by atoms with Gasteiger partial charge in [0.25, 0.3) is 0 Å². The van der Waals surface area contributed by atoms with Gasteiger partial charge in [0.15, 0.2) is 5.43 Å². The number of carbonyl (C=O) groups is 1. The number of hydrogen-bond acceptors (Lipinski definition) is 4. The first-order valence-electron chi connectivity index (χ1n) is 9.27. The summed E-state index contributed by atoms with van der Waals surface area (Å²) in [5.74, 6) is 1.56. The van der Waals surface area contributed by atoms with Gasteiger partial charge in [-0.05, 0) is 60.5 Å². The third-order valence-corrected chi connectivity index (χ3v) is 4.59. The van der Waals surface area contributed by atoms with Gasteiger partial charge in [-0.2, -0.15) is 0 Å². The summed E-state index contributed by atoms with van der Waals surface area (Å²) in [5.41, 5.74) is 7.48. The number of nitrogens with two attached hydrogens (primary N) is 1. The van der Waals surface area contributed by atoms with Crippen LogP contribution in [0.5, 0.6) is 11.5 Å². The maximum absolute atomic E-state index is 12.3. The highest BCUT2D eigenvalue weighted by Crippen LogP contribution is 2.27. The van der Waals surface area contributed by atoms with Gasteiger partial charge in [0.05, 0.1) is 5.39 Å². The largest absolute Gasteiger partial charge is 0.457 e. The van der Waals surface area contributed by atoms with Crippen LogP contribution >= 0.6 is 0 Å².